The predicted molar refractivity (Wildman–Crippen MR) is 90.4 cm³/mol. The first-order chi connectivity index (χ1) is 11.5. The second-order valence-corrected chi connectivity index (χ2v) is 6.93. The third-order valence-corrected chi connectivity index (χ3v) is 4.80. The van der Waals surface area contributed by atoms with Gasteiger partial charge >= 0.3 is 0 Å². The first-order valence-electron chi connectivity index (χ1n) is 8.37. The molecular formula is C18H22N4O2. The standard InChI is InChI=1S/C18H22N4O2/c1-13(2)22-10-17(19-20-22)18(23)7-8-21(12-18)9-14-11-24-16-6-4-3-5-15(14)16/h3-6,10-11,13,23H,7-9,12H2,1-2H3/t18-/m0/s1. The molecule has 4 rings (SSSR count). The Balaban J connectivity index is 1.51. The molecule has 1 saturated heterocycles. The summed E-state index contributed by atoms with van der Waals surface area (Å²) in [6.07, 6.45) is 4.35. The average Bonchev–Trinajstić information content (AvgIpc) is 3.28. The van der Waals surface area contributed by atoms with Gasteiger partial charge in [0, 0.05) is 36.6 Å². The number of rotatable bonds is 4. The molecule has 0 amide bonds. The van der Waals surface area contributed by atoms with E-state index in [9.17, 15) is 5.11 Å². The largest absolute Gasteiger partial charge is 0.464 e. The van der Waals surface area contributed by atoms with Crippen LogP contribution in [-0.4, -0.2) is 38.1 Å². The Bertz CT molecular complexity index is 853. The van der Waals surface area contributed by atoms with Crippen molar-refractivity contribution in [2.45, 2.75) is 38.5 Å². The fourth-order valence-corrected chi connectivity index (χ4v) is 3.35. The summed E-state index contributed by atoms with van der Waals surface area (Å²) in [6.45, 7) is 6.24. The van der Waals surface area contributed by atoms with Crippen LogP contribution in [0.25, 0.3) is 11.0 Å². The highest BCUT2D eigenvalue weighted by molar-refractivity contribution is 5.80. The topological polar surface area (TPSA) is 67.3 Å². The fourth-order valence-electron chi connectivity index (χ4n) is 3.35. The van der Waals surface area contributed by atoms with Crippen LogP contribution >= 0.6 is 0 Å². The quantitative estimate of drug-likeness (QED) is 0.798. The Labute approximate surface area is 140 Å². The second kappa shape index (κ2) is 5.72. The number of aliphatic hydroxyl groups is 1. The van der Waals surface area contributed by atoms with Crippen LogP contribution in [-0.2, 0) is 12.1 Å². The number of hydrogen-bond acceptors (Lipinski definition) is 5. The molecule has 1 aromatic carbocycles. The van der Waals surface area contributed by atoms with Crippen LogP contribution < -0.4 is 0 Å². The molecule has 3 heterocycles. The first-order valence-corrected chi connectivity index (χ1v) is 8.37. The van der Waals surface area contributed by atoms with Crippen molar-refractivity contribution in [3.8, 4) is 0 Å². The van der Waals surface area contributed by atoms with E-state index in [1.54, 1.807) is 4.68 Å². The number of hydrogen-bond donors (Lipinski definition) is 1. The Kier molecular flexibility index (Phi) is 3.66. The van der Waals surface area contributed by atoms with Crippen LogP contribution in [0.5, 0.6) is 0 Å². The monoisotopic (exact) mass is 326 g/mol. The van der Waals surface area contributed by atoms with E-state index in [1.165, 1.54) is 0 Å². The van der Waals surface area contributed by atoms with Crippen molar-refractivity contribution >= 4 is 11.0 Å². The van der Waals surface area contributed by atoms with Gasteiger partial charge in [0.2, 0.25) is 0 Å². The van der Waals surface area contributed by atoms with Crippen LogP contribution in [0, 0.1) is 0 Å². The number of aromatic nitrogens is 3. The molecule has 3 aromatic rings. The van der Waals surface area contributed by atoms with Gasteiger partial charge in [-0.25, -0.2) is 4.68 Å². The average molecular weight is 326 g/mol. The molecule has 1 aliphatic heterocycles. The highest BCUT2D eigenvalue weighted by atomic mass is 16.3. The van der Waals surface area contributed by atoms with Gasteiger partial charge in [-0.3, -0.25) is 4.90 Å². The van der Waals surface area contributed by atoms with Crippen LogP contribution in [0.15, 0.2) is 41.1 Å². The van der Waals surface area contributed by atoms with E-state index in [1.807, 2.05) is 44.5 Å². The molecule has 0 radical (unpaired) electrons. The van der Waals surface area contributed by atoms with Gasteiger partial charge in [0.05, 0.1) is 12.5 Å². The summed E-state index contributed by atoms with van der Waals surface area (Å²) in [4.78, 5) is 2.24. The fraction of sp³-hybridized carbons (Fsp3) is 0.444. The number of nitrogens with zero attached hydrogens (tertiary/aromatic N) is 4. The molecule has 1 aliphatic rings. The van der Waals surface area contributed by atoms with Crippen molar-refractivity contribution in [1.29, 1.82) is 0 Å². The maximum absolute atomic E-state index is 11.0. The zero-order valence-electron chi connectivity index (χ0n) is 14.0. The van der Waals surface area contributed by atoms with Gasteiger partial charge in [-0.1, -0.05) is 23.4 Å². The molecule has 1 atom stereocenters. The SMILES string of the molecule is CC(C)n1cc([C@]2(O)CCN(Cc3coc4ccccc34)C2)nn1. The zero-order chi connectivity index (χ0) is 16.7. The van der Waals surface area contributed by atoms with E-state index in [-0.39, 0.29) is 6.04 Å². The van der Waals surface area contributed by atoms with E-state index in [2.05, 4.69) is 21.3 Å². The Hall–Kier alpha value is -2.18. The van der Waals surface area contributed by atoms with Crippen molar-refractivity contribution in [3.05, 3.63) is 48.0 Å². The smallest absolute Gasteiger partial charge is 0.134 e. The Morgan fingerprint density at radius 1 is 1.33 bits per heavy atom. The number of β-amino-alcohol motifs (C(OH)–C–C–N with tert-alkyl or cyclic N) is 1. The van der Waals surface area contributed by atoms with Gasteiger partial charge in [-0.05, 0) is 26.3 Å². The number of likely N-dealkylation sites (tertiary alicyclic amines) is 1. The molecule has 2 aromatic heterocycles. The minimum Gasteiger partial charge on any atom is -0.464 e. The van der Waals surface area contributed by atoms with Crippen LogP contribution in [0.4, 0.5) is 0 Å². The molecule has 1 fully saturated rings. The predicted octanol–water partition coefficient (Wildman–Crippen LogP) is 2.70. The molecular weight excluding hydrogens is 304 g/mol. The number of benzene rings is 1. The summed E-state index contributed by atoms with van der Waals surface area (Å²) in [6, 6.07) is 8.28. The highest BCUT2D eigenvalue weighted by Gasteiger charge is 2.40. The lowest BCUT2D eigenvalue weighted by molar-refractivity contribution is 0.0408. The number of para-hydroxylation sites is 1. The Morgan fingerprint density at radius 3 is 2.96 bits per heavy atom. The van der Waals surface area contributed by atoms with Crippen LogP contribution in [0.3, 0.4) is 0 Å². The highest BCUT2D eigenvalue weighted by Crippen LogP contribution is 2.32. The lowest BCUT2D eigenvalue weighted by atomic mass is 10.00. The van der Waals surface area contributed by atoms with Gasteiger partial charge in [0.25, 0.3) is 0 Å². The summed E-state index contributed by atoms with van der Waals surface area (Å²) in [5, 5.41) is 20.4. The lowest BCUT2D eigenvalue weighted by Gasteiger charge is -2.20. The lowest BCUT2D eigenvalue weighted by Crippen LogP contribution is -2.31. The summed E-state index contributed by atoms with van der Waals surface area (Å²) in [7, 11) is 0. The molecule has 0 aliphatic carbocycles. The van der Waals surface area contributed by atoms with Crippen molar-refractivity contribution in [1.82, 2.24) is 19.9 Å². The maximum atomic E-state index is 11.0. The van der Waals surface area contributed by atoms with Crippen molar-refractivity contribution in [2.75, 3.05) is 13.1 Å². The molecule has 0 spiro atoms. The molecule has 1 N–H and O–H groups in total. The zero-order valence-corrected chi connectivity index (χ0v) is 14.0. The molecule has 6 nitrogen and oxygen atoms in total. The van der Waals surface area contributed by atoms with Gasteiger partial charge in [0.15, 0.2) is 0 Å². The minimum atomic E-state index is -0.924. The number of fused-ring (bicyclic) bond motifs is 1. The maximum Gasteiger partial charge on any atom is 0.134 e. The van der Waals surface area contributed by atoms with Gasteiger partial charge in [-0.2, -0.15) is 0 Å². The number of furan rings is 1. The summed E-state index contributed by atoms with van der Waals surface area (Å²) in [5.74, 6) is 0. The molecule has 0 unspecified atom stereocenters. The molecule has 0 saturated carbocycles. The van der Waals surface area contributed by atoms with E-state index in [0.29, 0.717) is 18.7 Å². The van der Waals surface area contributed by atoms with E-state index in [4.69, 9.17) is 4.42 Å². The summed E-state index contributed by atoms with van der Waals surface area (Å²) in [5.41, 5.74) is 1.80. The first kappa shape index (κ1) is 15.4. The Morgan fingerprint density at radius 2 is 2.17 bits per heavy atom. The molecule has 6 heteroatoms. The molecule has 0 bridgehead atoms. The van der Waals surface area contributed by atoms with Crippen molar-refractivity contribution < 1.29 is 9.52 Å². The third-order valence-electron chi connectivity index (χ3n) is 4.80. The second-order valence-electron chi connectivity index (χ2n) is 6.93. The summed E-state index contributed by atoms with van der Waals surface area (Å²) < 4.78 is 7.40. The summed E-state index contributed by atoms with van der Waals surface area (Å²) >= 11 is 0. The van der Waals surface area contributed by atoms with Crippen molar-refractivity contribution in [2.24, 2.45) is 0 Å². The van der Waals surface area contributed by atoms with E-state index >= 15 is 0 Å². The van der Waals surface area contributed by atoms with Gasteiger partial charge in [0.1, 0.15) is 16.9 Å². The van der Waals surface area contributed by atoms with E-state index in [0.717, 1.165) is 29.6 Å². The van der Waals surface area contributed by atoms with Crippen molar-refractivity contribution in [3.63, 3.8) is 0 Å². The minimum absolute atomic E-state index is 0.240. The molecule has 126 valence electrons. The van der Waals surface area contributed by atoms with E-state index < -0.39 is 5.60 Å². The van der Waals surface area contributed by atoms with Gasteiger partial charge in [-0.15, -0.1) is 5.10 Å². The molecule has 24 heavy (non-hydrogen) atoms. The van der Waals surface area contributed by atoms with Gasteiger partial charge < -0.3 is 9.52 Å². The normalized spacial score (nSPS) is 22.0. The third kappa shape index (κ3) is 2.61. The van der Waals surface area contributed by atoms with Crippen LogP contribution in [0.2, 0.25) is 0 Å². The van der Waals surface area contributed by atoms with Crippen LogP contribution in [0.1, 0.15) is 37.6 Å².